The number of nitrogens with one attached hydrogen (secondary N) is 1. The minimum atomic E-state index is 0.702. The van der Waals surface area contributed by atoms with E-state index in [0.717, 1.165) is 17.2 Å². The van der Waals surface area contributed by atoms with Gasteiger partial charge in [0.25, 0.3) is 0 Å². The molecule has 0 aliphatic heterocycles. The maximum Gasteiger partial charge on any atom is 0.188 e. The molecule has 5 heteroatoms. The van der Waals surface area contributed by atoms with Gasteiger partial charge in [-0.15, -0.1) is 11.3 Å². The fraction of sp³-hybridized carbons (Fsp3) is 0.300. The summed E-state index contributed by atoms with van der Waals surface area (Å²) in [4.78, 5) is 14.0. The van der Waals surface area contributed by atoms with Crippen molar-refractivity contribution in [1.82, 2.24) is 20.3 Å². The van der Waals surface area contributed by atoms with Crippen LogP contribution in [0, 0.1) is 6.92 Å². The monoisotopic (exact) mass is 220 g/mol. The van der Waals surface area contributed by atoms with Gasteiger partial charge in [0.15, 0.2) is 10.8 Å². The second-order valence-corrected chi connectivity index (χ2v) is 4.21. The third-order valence-electron chi connectivity index (χ3n) is 1.99. The van der Waals surface area contributed by atoms with Crippen LogP contribution in [0.5, 0.6) is 0 Å². The Balaban J connectivity index is 2.34. The first-order valence-electron chi connectivity index (χ1n) is 4.69. The average Bonchev–Trinajstić information content (AvgIpc) is 2.63. The Bertz CT molecular complexity index is 438. The molecular weight excluding hydrogens is 208 g/mol. The largest absolute Gasteiger partial charge is 0.315 e. The maximum atomic E-state index is 4.45. The molecule has 0 saturated carbocycles. The van der Waals surface area contributed by atoms with Gasteiger partial charge in [-0.3, -0.25) is 0 Å². The SMILES string of the molecule is CNCc1sc(-c2ncccn2)nc1C. The van der Waals surface area contributed by atoms with Crippen LogP contribution >= 0.6 is 11.3 Å². The molecule has 1 N–H and O–H groups in total. The highest BCUT2D eigenvalue weighted by Crippen LogP contribution is 2.24. The zero-order valence-corrected chi connectivity index (χ0v) is 9.51. The zero-order chi connectivity index (χ0) is 10.7. The molecular formula is C10H12N4S. The Kier molecular flexibility index (Phi) is 3.03. The van der Waals surface area contributed by atoms with Gasteiger partial charge in [0.1, 0.15) is 0 Å². The lowest BCUT2D eigenvalue weighted by atomic mass is 10.4. The molecule has 2 aromatic rings. The molecule has 0 amide bonds. The summed E-state index contributed by atoms with van der Waals surface area (Å²) >= 11 is 1.64. The molecule has 0 fully saturated rings. The molecule has 0 bridgehead atoms. The number of rotatable bonds is 3. The average molecular weight is 220 g/mol. The van der Waals surface area contributed by atoms with Crippen molar-refractivity contribution < 1.29 is 0 Å². The number of nitrogens with zero attached hydrogens (tertiary/aromatic N) is 3. The minimum absolute atomic E-state index is 0.702. The number of hydrogen-bond acceptors (Lipinski definition) is 5. The third-order valence-corrected chi connectivity index (χ3v) is 3.14. The van der Waals surface area contributed by atoms with E-state index in [1.807, 2.05) is 14.0 Å². The van der Waals surface area contributed by atoms with Crippen molar-refractivity contribution in [1.29, 1.82) is 0 Å². The third kappa shape index (κ3) is 2.19. The van der Waals surface area contributed by atoms with Gasteiger partial charge in [-0.25, -0.2) is 15.0 Å². The van der Waals surface area contributed by atoms with Gasteiger partial charge in [-0.1, -0.05) is 0 Å². The molecule has 2 heterocycles. The van der Waals surface area contributed by atoms with Crippen LogP contribution in [0.1, 0.15) is 10.6 Å². The summed E-state index contributed by atoms with van der Waals surface area (Å²) in [5, 5.41) is 4.01. The fourth-order valence-electron chi connectivity index (χ4n) is 1.26. The van der Waals surface area contributed by atoms with Gasteiger partial charge < -0.3 is 5.32 Å². The van der Waals surface area contributed by atoms with Gasteiger partial charge in [-0.2, -0.15) is 0 Å². The van der Waals surface area contributed by atoms with Gasteiger partial charge >= 0.3 is 0 Å². The highest BCUT2D eigenvalue weighted by Gasteiger charge is 2.09. The first-order valence-corrected chi connectivity index (χ1v) is 5.51. The van der Waals surface area contributed by atoms with Crippen molar-refractivity contribution in [2.45, 2.75) is 13.5 Å². The summed E-state index contributed by atoms with van der Waals surface area (Å²) < 4.78 is 0. The van der Waals surface area contributed by atoms with E-state index in [1.165, 1.54) is 4.88 Å². The van der Waals surface area contributed by atoms with Crippen LogP contribution in [0.4, 0.5) is 0 Å². The summed E-state index contributed by atoms with van der Waals surface area (Å²) in [7, 11) is 1.93. The normalized spacial score (nSPS) is 10.5. The fourth-order valence-corrected chi connectivity index (χ4v) is 2.28. The van der Waals surface area contributed by atoms with E-state index in [1.54, 1.807) is 29.8 Å². The Hall–Kier alpha value is -1.33. The van der Waals surface area contributed by atoms with Gasteiger partial charge in [0.2, 0.25) is 0 Å². The lowest BCUT2D eigenvalue weighted by Gasteiger charge is -1.93. The molecule has 0 aliphatic rings. The quantitative estimate of drug-likeness (QED) is 0.854. The number of thiazole rings is 1. The van der Waals surface area contributed by atoms with E-state index >= 15 is 0 Å². The molecule has 0 spiro atoms. The van der Waals surface area contributed by atoms with Crippen molar-refractivity contribution in [2.75, 3.05) is 7.05 Å². The second kappa shape index (κ2) is 4.46. The van der Waals surface area contributed by atoms with Crippen LogP contribution < -0.4 is 5.32 Å². The molecule has 0 saturated heterocycles. The van der Waals surface area contributed by atoms with E-state index in [0.29, 0.717) is 5.82 Å². The van der Waals surface area contributed by atoms with Crippen molar-refractivity contribution in [3.05, 3.63) is 29.0 Å². The molecule has 4 nitrogen and oxygen atoms in total. The van der Waals surface area contributed by atoms with Crippen LogP contribution in [0.2, 0.25) is 0 Å². The molecule has 2 rings (SSSR count). The van der Waals surface area contributed by atoms with E-state index in [4.69, 9.17) is 0 Å². The maximum absolute atomic E-state index is 4.45. The Labute approximate surface area is 92.4 Å². The van der Waals surface area contributed by atoms with Gasteiger partial charge in [0, 0.05) is 23.8 Å². The standard InChI is InChI=1S/C10H12N4S/c1-7-8(6-11-2)15-10(14-7)9-12-4-3-5-13-9/h3-5,11H,6H2,1-2H3. The molecule has 0 aliphatic carbocycles. The van der Waals surface area contributed by atoms with Crippen molar-refractivity contribution in [3.8, 4) is 10.8 Å². The van der Waals surface area contributed by atoms with Crippen LogP contribution in [-0.2, 0) is 6.54 Å². The van der Waals surface area contributed by atoms with Crippen LogP contribution in [0.3, 0.4) is 0 Å². The van der Waals surface area contributed by atoms with Gasteiger partial charge in [0.05, 0.1) is 5.69 Å². The Morgan fingerprint density at radius 3 is 2.73 bits per heavy atom. The van der Waals surface area contributed by atoms with Crippen LogP contribution in [0.25, 0.3) is 10.8 Å². The van der Waals surface area contributed by atoms with E-state index in [2.05, 4.69) is 20.3 Å². The highest BCUT2D eigenvalue weighted by atomic mass is 32.1. The molecule has 0 unspecified atom stereocenters. The second-order valence-electron chi connectivity index (χ2n) is 3.13. The first-order chi connectivity index (χ1) is 7.31. The minimum Gasteiger partial charge on any atom is -0.315 e. The zero-order valence-electron chi connectivity index (χ0n) is 8.69. The molecule has 0 atom stereocenters. The number of aryl methyl sites for hydroxylation is 1. The smallest absolute Gasteiger partial charge is 0.188 e. The molecule has 0 radical (unpaired) electrons. The van der Waals surface area contributed by atoms with E-state index in [9.17, 15) is 0 Å². The lowest BCUT2D eigenvalue weighted by molar-refractivity contribution is 0.823. The molecule has 0 aromatic carbocycles. The summed E-state index contributed by atoms with van der Waals surface area (Å²) in [5.41, 5.74) is 1.05. The summed E-state index contributed by atoms with van der Waals surface area (Å²) in [6.07, 6.45) is 3.47. The lowest BCUT2D eigenvalue weighted by Crippen LogP contribution is -2.04. The first kappa shape index (κ1) is 10.2. The topological polar surface area (TPSA) is 50.7 Å². The summed E-state index contributed by atoms with van der Waals surface area (Å²) in [6, 6.07) is 1.80. The Morgan fingerprint density at radius 1 is 1.33 bits per heavy atom. The van der Waals surface area contributed by atoms with Crippen LogP contribution in [0.15, 0.2) is 18.5 Å². The Morgan fingerprint density at radius 2 is 2.07 bits per heavy atom. The van der Waals surface area contributed by atoms with Crippen molar-refractivity contribution in [2.24, 2.45) is 0 Å². The molecule has 15 heavy (non-hydrogen) atoms. The summed E-state index contributed by atoms with van der Waals surface area (Å²) in [5.74, 6) is 0.702. The highest BCUT2D eigenvalue weighted by molar-refractivity contribution is 7.15. The van der Waals surface area contributed by atoms with E-state index in [-0.39, 0.29) is 0 Å². The number of hydrogen-bond donors (Lipinski definition) is 1. The molecule has 2 aromatic heterocycles. The van der Waals surface area contributed by atoms with Crippen LogP contribution in [-0.4, -0.2) is 22.0 Å². The van der Waals surface area contributed by atoms with Gasteiger partial charge in [-0.05, 0) is 20.0 Å². The predicted molar refractivity (Wildman–Crippen MR) is 60.6 cm³/mol. The summed E-state index contributed by atoms with van der Waals surface area (Å²) in [6.45, 7) is 2.85. The molecule has 78 valence electrons. The number of aromatic nitrogens is 3. The van der Waals surface area contributed by atoms with Crippen molar-refractivity contribution in [3.63, 3.8) is 0 Å². The predicted octanol–water partition coefficient (Wildman–Crippen LogP) is 1.63. The van der Waals surface area contributed by atoms with Crippen molar-refractivity contribution >= 4 is 11.3 Å². The van der Waals surface area contributed by atoms with E-state index < -0.39 is 0 Å².